The number of carbonyl (C=O) groups is 3. The van der Waals surface area contributed by atoms with Crippen LogP contribution in [0.4, 0.5) is 17.6 Å². The first-order valence-corrected chi connectivity index (χ1v) is 14.1. The first kappa shape index (κ1) is 31.5. The number of carbonyl (C=O) groups excluding carboxylic acids is 2. The Morgan fingerprint density at radius 2 is 1.69 bits per heavy atom. The zero-order valence-electron chi connectivity index (χ0n) is 24.3. The topological polar surface area (TPSA) is 102 Å². The average Bonchev–Trinajstić information content (AvgIpc) is 3.38. The third kappa shape index (κ3) is 6.32. The van der Waals surface area contributed by atoms with Gasteiger partial charge in [-0.3, -0.25) is 19.1 Å². The highest BCUT2D eigenvalue weighted by Crippen LogP contribution is 2.44. The van der Waals surface area contributed by atoms with Crippen molar-refractivity contribution in [3.8, 4) is 5.75 Å². The predicted molar refractivity (Wildman–Crippen MR) is 145 cm³/mol. The van der Waals surface area contributed by atoms with Gasteiger partial charge in [0.05, 0.1) is 42.4 Å². The van der Waals surface area contributed by atoms with Crippen molar-refractivity contribution in [2.45, 2.75) is 90.4 Å². The molecule has 0 spiro atoms. The number of hydrogen-bond acceptors (Lipinski definition) is 5. The Bertz CT molecular complexity index is 1330. The molecule has 8 nitrogen and oxygen atoms in total. The molecule has 1 N–H and O–H groups in total. The van der Waals surface area contributed by atoms with Crippen molar-refractivity contribution in [2.75, 3.05) is 13.7 Å². The zero-order valence-corrected chi connectivity index (χ0v) is 24.3. The highest BCUT2D eigenvalue weighted by Gasteiger charge is 2.46. The van der Waals surface area contributed by atoms with E-state index in [9.17, 15) is 37.1 Å². The molecule has 4 rings (SSSR count). The highest BCUT2D eigenvalue weighted by molar-refractivity contribution is 6.04. The quantitative estimate of drug-likeness (QED) is 0.274. The van der Waals surface area contributed by atoms with Crippen LogP contribution in [0.2, 0.25) is 0 Å². The molecule has 0 radical (unpaired) electrons. The number of rotatable bonds is 8. The lowest BCUT2D eigenvalue weighted by Crippen LogP contribution is -2.46. The molecular formula is C30H37F4N3O5. The number of carboxylic acid groups (broad SMARTS) is 1. The summed E-state index contributed by atoms with van der Waals surface area (Å²) in [4.78, 5) is 40.2. The van der Waals surface area contributed by atoms with E-state index < -0.39 is 65.0 Å². The summed E-state index contributed by atoms with van der Waals surface area (Å²) < 4.78 is 64.4. The second-order valence-electron chi connectivity index (χ2n) is 12.5. The summed E-state index contributed by atoms with van der Waals surface area (Å²) in [6.45, 7) is 5.06. The van der Waals surface area contributed by atoms with Crippen LogP contribution in [0.5, 0.6) is 5.75 Å². The Kier molecular flexibility index (Phi) is 8.76. The van der Waals surface area contributed by atoms with E-state index in [2.05, 4.69) is 18.9 Å². The van der Waals surface area contributed by atoms with E-state index in [1.807, 2.05) is 0 Å². The van der Waals surface area contributed by atoms with Crippen molar-refractivity contribution >= 4 is 17.7 Å². The van der Waals surface area contributed by atoms with Crippen LogP contribution in [0.1, 0.15) is 105 Å². The molecule has 2 fully saturated rings. The van der Waals surface area contributed by atoms with Gasteiger partial charge in [-0.2, -0.15) is 18.3 Å². The molecule has 12 heteroatoms. The number of carboxylic acids is 1. The first-order chi connectivity index (χ1) is 19.6. The number of nitrogens with zero attached hydrogens (tertiary/aromatic N) is 3. The lowest BCUT2D eigenvalue weighted by molar-refractivity contribution is -0.152. The lowest BCUT2D eigenvalue weighted by Gasteiger charge is -2.40. The smallest absolute Gasteiger partial charge is 0.433 e. The molecule has 2 aliphatic rings. The Labute approximate surface area is 242 Å². The normalized spacial score (nSPS) is 22.9. The zero-order chi connectivity index (χ0) is 31.0. The van der Waals surface area contributed by atoms with Crippen LogP contribution in [0, 0.1) is 16.6 Å². The van der Waals surface area contributed by atoms with Crippen molar-refractivity contribution in [1.29, 1.82) is 0 Å². The minimum absolute atomic E-state index is 0.0303. The van der Waals surface area contributed by atoms with E-state index in [4.69, 9.17) is 4.74 Å². The van der Waals surface area contributed by atoms with Crippen LogP contribution in [0.15, 0.2) is 24.4 Å². The van der Waals surface area contributed by atoms with E-state index in [0.29, 0.717) is 25.7 Å². The summed E-state index contributed by atoms with van der Waals surface area (Å²) in [5.41, 5.74) is -3.36. The Hall–Kier alpha value is -3.44. The van der Waals surface area contributed by atoms with Crippen LogP contribution in [0.25, 0.3) is 0 Å². The third-order valence-electron chi connectivity index (χ3n) is 9.01. The molecule has 1 amide bonds. The van der Waals surface area contributed by atoms with Crippen LogP contribution < -0.4 is 4.74 Å². The summed E-state index contributed by atoms with van der Waals surface area (Å²) in [6.07, 6.45) is -1.14. The molecule has 2 aliphatic carbocycles. The highest BCUT2D eigenvalue weighted by atomic mass is 19.4. The average molecular weight is 596 g/mol. The fraction of sp³-hybridized carbons (Fsp3) is 0.600. The first-order valence-electron chi connectivity index (χ1n) is 14.1. The van der Waals surface area contributed by atoms with Gasteiger partial charge in [-0.05, 0) is 75.8 Å². The molecule has 230 valence electrons. The molecule has 1 aromatic heterocycles. The van der Waals surface area contributed by atoms with Crippen LogP contribution in [-0.4, -0.2) is 57.1 Å². The van der Waals surface area contributed by atoms with E-state index in [1.165, 1.54) is 19.2 Å². The van der Waals surface area contributed by atoms with Crippen LogP contribution in [-0.2, 0) is 11.0 Å². The van der Waals surface area contributed by atoms with Crippen molar-refractivity contribution in [3.05, 3.63) is 47.0 Å². The Balaban J connectivity index is 1.71. The maximum atomic E-state index is 14.7. The summed E-state index contributed by atoms with van der Waals surface area (Å²) in [5, 5.41) is 13.5. The Morgan fingerprint density at radius 1 is 1.07 bits per heavy atom. The van der Waals surface area contributed by atoms with Crippen molar-refractivity contribution < 1.29 is 41.8 Å². The molecule has 0 aliphatic heterocycles. The molecule has 1 heterocycles. The number of hydrogen-bond donors (Lipinski definition) is 1. The number of ketones is 1. The van der Waals surface area contributed by atoms with Gasteiger partial charge in [0.15, 0.2) is 11.5 Å². The molecule has 2 saturated carbocycles. The van der Waals surface area contributed by atoms with Gasteiger partial charge in [-0.25, -0.2) is 4.39 Å². The number of benzene rings is 1. The largest absolute Gasteiger partial charge is 0.496 e. The molecule has 1 aromatic carbocycles. The summed E-state index contributed by atoms with van der Waals surface area (Å²) in [7, 11) is 1.27. The fourth-order valence-corrected chi connectivity index (χ4v) is 6.17. The summed E-state index contributed by atoms with van der Waals surface area (Å²) in [5.74, 6) is -3.69. The van der Waals surface area contributed by atoms with Gasteiger partial charge >= 0.3 is 12.1 Å². The predicted octanol–water partition coefficient (Wildman–Crippen LogP) is 6.55. The van der Waals surface area contributed by atoms with Gasteiger partial charge in [0.25, 0.3) is 5.91 Å². The monoisotopic (exact) mass is 595 g/mol. The van der Waals surface area contributed by atoms with E-state index >= 15 is 0 Å². The van der Waals surface area contributed by atoms with Gasteiger partial charge in [0, 0.05) is 6.04 Å². The molecule has 0 bridgehead atoms. The maximum Gasteiger partial charge on any atom is 0.433 e. The van der Waals surface area contributed by atoms with Crippen LogP contribution >= 0.6 is 0 Å². The fourth-order valence-electron chi connectivity index (χ4n) is 6.17. The summed E-state index contributed by atoms with van der Waals surface area (Å²) in [6, 6.07) is 2.56. The second-order valence-corrected chi connectivity index (χ2v) is 12.5. The maximum absolute atomic E-state index is 14.7. The van der Waals surface area contributed by atoms with Gasteiger partial charge in [0.1, 0.15) is 11.6 Å². The number of aromatic nitrogens is 2. The number of amides is 1. The molecular weight excluding hydrogens is 558 g/mol. The van der Waals surface area contributed by atoms with Gasteiger partial charge in [-0.1, -0.05) is 19.9 Å². The van der Waals surface area contributed by atoms with E-state index in [0.717, 1.165) is 21.8 Å². The number of methoxy groups -OCH3 is 1. The number of Topliss-reactive ketones (excluding diaryl/α,β-unsaturated/α-hetero) is 1. The van der Waals surface area contributed by atoms with Crippen molar-refractivity contribution in [3.63, 3.8) is 0 Å². The molecule has 0 saturated heterocycles. The van der Waals surface area contributed by atoms with E-state index in [1.54, 1.807) is 6.92 Å². The van der Waals surface area contributed by atoms with Gasteiger partial charge in [-0.15, -0.1) is 0 Å². The number of alkyl halides is 3. The number of halogens is 4. The molecule has 2 aromatic rings. The Morgan fingerprint density at radius 3 is 2.24 bits per heavy atom. The summed E-state index contributed by atoms with van der Waals surface area (Å²) >= 11 is 0. The van der Waals surface area contributed by atoms with Gasteiger partial charge in [0.2, 0.25) is 0 Å². The second kappa shape index (κ2) is 11.7. The van der Waals surface area contributed by atoms with E-state index in [-0.39, 0.29) is 42.4 Å². The van der Waals surface area contributed by atoms with Crippen molar-refractivity contribution in [1.82, 2.24) is 14.7 Å². The minimum atomic E-state index is -4.95. The third-order valence-corrected chi connectivity index (χ3v) is 9.01. The van der Waals surface area contributed by atoms with Crippen LogP contribution in [0.3, 0.4) is 0 Å². The molecule has 0 atom stereocenters. The number of aliphatic carboxylic acids is 1. The number of ether oxygens (including phenoxy) is 1. The SMILES string of the molecule is COc1cccc(F)c1C(=O)CN(C(=O)c1cnn(C2CCC(C)(C(=O)O)CC2)c1C(F)(F)F)C1CCC(C)(C)CC1. The van der Waals surface area contributed by atoms with Crippen molar-refractivity contribution in [2.24, 2.45) is 10.8 Å². The lowest BCUT2D eigenvalue weighted by atomic mass is 9.74. The van der Waals surface area contributed by atoms with Gasteiger partial charge < -0.3 is 14.7 Å². The minimum Gasteiger partial charge on any atom is -0.496 e. The molecule has 42 heavy (non-hydrogen) atoms. The standard InChI is InChI=1S/C30H37F4N3O5/c1-28(2)12-8-18(9-13-28)36(17-22(38)24-21(31)6-5-7-23(24)42-4)26(39)20-16-35-37(25(20)30(32,33)34)19-10-14-29(3,15-11-19)27(40)41/h5-7,16,18-19H,8-15,17H2,1-4H3,(H,40,41). The molecule has 0 unspecified atom stereocenters.